The molecule has 3 rings (SSSR count). The Hall–Kier alpha value is -4.26. The monoisotopic (exact) mass is 430 g/mol. The lowest BCUT2D eigenvalue weighted by Crippen LogP contribution is -2.27. The number of benzene rings is 3. The Morgan fingerprint density at radius 1 is 0.750 bits per heavy atom. The number of hydrazone groups is 1. The van der Waals surface area contributed by atoms with Crippen LogP contribution in [0.25, 0.3) is 0 Å². The van der Waals surface area contributed by atoms with Crippen molar-refractivity contribution >= 4 is 23.4 Å². The SMILES string of the molecule is CC(=O)c1ccc(OCC(=O)OCC(=O)NN=C(c2ccccc2)c2ccccc2)cc1. The predicted octanol–water partition coefficient (Wildman–Crippen LogP) is 3.38. The van der Waals surface area contributed by atoms with Gasteiger partial charge in [0.1, 0.15) is 5.75 Å². The van der Waals surface area contributed by atoms with Gasteiger partial charge < -0.3 is 9.47 Å². The van der Waals surface area contributed by atoms with Crippen molar-refractivity contribution in [1.29, 1.82) is 0 Å². The Bertz CT molecular complexity index is 1050. The molecule has 0 atom stereocenters. The molecule has 0 heterocycles. The van der Waals surface area contributed by atoms with Crippen LogP contribution in [0.3, 0.4) is 0 Å². The van der Waals surface area contributed by atoms with E-state index in [4.69, 9.17) is 9.47 Å². The van der Waals surface area contributed by atoms with Gasteiger partial charge in [-0.25, -0.2) is 10.2 Å². The molecule has 0 aliphatic carbocycles. The second-order valence-electron chi connectivity index (χ2n) is 6.76. The first-order chi connectivity index (χ1) is 15.5. The van der Waals surface area contributed by atoms with Gasteiger partial charge in [0.05, 0.1) is 5.71 Å². The van der Waals surface area contributed by atoms with E-state index in [-0.39, 0.29) is 12.4 Å². The molecule has 0 saturated carbocycles. The third kappa shape index (κ3) is 6.63. The number of amides is 1. The van der Waals surface area contributed by atoms with Crippen LogP contribution in [0.1, 0.15) is 28.4 Å². The molecule has 0 bridgehead atoms. The molecule has 0 fully saturated rings. The molecule has 3 aromatic rings. The van der Waals surface area contributed by atoms with Gasteiger partial charge in [0.15, 0.2) is 19.0 Å². The molecule has 0 saturated heterocycles. The Kier molecular flexibility index (Phi) is 7.86. The maximum Gasteiger partial charge on any atom is 0.344 e. The number of esters is 1. The highest BCUT2D eigenvalue weighted by Gasteiger charge is 2.11. The van der Waals surface area contributed by atoms with Crippen LogP contribution >= 0.6 is 0 Å². The van der Waals surface area contributed by atoms with Gasteiger partial charge in [0.2, 0.25) is 0 Å². The van der Waals surface area contributed by atoms with Crippen LogP contribution in [0.2, 0.25) is 0 Å². The van der Waals surface area contributed by atoms with E-state index in [2.05, 4.69) is 10.5 Å². The van der Waals surface area contributed by atoms with Crippen molar-refractivity contribution in [2.24, 2.45) is 5.10 Å². The standard InChI is InChI=1S/C25H22N2O5/c1-18(28)19-12-14-22(15-13-19)31-17-24(30)32-16-23(29)26-27-25(20-8-4-2-5-9-20)21-10-6-3-7-11-21/h2-15H,16-17H2,1H3,(H,26,29). The Balaban J connectivity index is 1.52. The average Bonchev–Trinajstić information content (AvgIpc) is 2.83. The summed E-state index contributed by atoms with van der Waals surface area (Å²) in [5.41, 5.74) is 5.22. The van der Waals surface area contributed by atoms with E-state index in [0.717, 1.165) is 11.1 Å². The number of nitrogens with one attached hydrogen (secondary N) is 1. The Morgan fingerprint density at radius 3 is 1.84 bits per heavy atom. The lowest BCUT2D eigenvalue weighted by molar-refractivity contribution is -0.150. The van der Waals surface area contributed by atoms with Crippen molar-refractivity contribution in [3.8, 4) is 5.75 Å². The van der Waals surface area contributed by atoms with Crippen molar-refractivity contribution in [2.75, 3.05) is 13.2 Å². The van der Waals surface area contributed by atoms with Crippen LogP contribution in [0.4, 0.5) is 0 Å². The summed E-state index contributed by atoms with van der Waals surface area (Å²) in [6.45, 7) is 0.603. The quantitative estimate of drug-likeness (QED) is 0.243. The van der Waals surface area contributed by atoms with Gasteiger partial charge in [-0.3, -0.25) is 9.59 Å². The van der Waals surface area contributed by atoms with Gasteiger partial charge in [-0.2, -0.15) is 5.10 Å². The molecule has 162 valence electrons. The third-order valence-corrected chi connectivity index (χ3v) is 4.37. The van der Waals surface area contributed by atoms with E-state index in [0.29, 0.717) is 17.0 Å². The van der Waals surface area contributed by atoms with Gasteiger partial charge in [0, 0.05) is 16.7 Å². The molecule has 3 aromatic carbocycles. The molecule has 0 aliphatic heterocycles. The molecule has 1 N–H and O–H groups in total. The van der Waals surface area contributed by atoms with Gasteiger partial charge >= 0.3 is 5.97 Å². The van der Waals surface area contributed by atoms with E-state index in [1.54, 1.807) is 24.3 Å². The predicted molar refractivity (Wildman–Crippen MR) is 120 cm³/mol. The van der Waals surface area contributed by atoms with E-state index in [9.17, 15) is 14.4 Å². The van der Waals surface area contributed by atoms with Crippen LogP contribution in [0.15, 0.2) is 90.0 Å². The zero-order valence-corrected chi connectivity index (χ0v) is 17.5. The van der Waals surface area contributed by atoms with Crippen molar-refractivity contribution in [3.63, 3.8) is 0 Å². The van der Waals surface area contributed by atoms with Crippen molar-refractivity contribution in [2.45, 2.75) is 6.92 Å². The molecule has 7 nitrogen and oxygen atoms in total. The second kappa shape index (κ2) is 11.2. The number of Topliss-reactive ketones (excluding diaryl/α,β-unsaturated/α-hetero) is 1. The molecular weight excluding hydrogens is 408 g/mol. The van der Waals surface area contributed by atoms with Crippen LogP contribution in [-0.4, -0.2) is 36.6 Å². The molecule has 0 unspecified atom stereocenters. The number of nitrogens with zero attached hydrogens (tertiary/aromatic N) is 1. The molecule has 1 amide bonds. The fraction of sp³-hybridized carbons (Fsp3) is 0.120. The summed E-state index contributed by atoms with van der Waals surface area (Å²) in [5, 5.41) is 4.23. The zero-order chi connectivity index (χ0) is 22.8. The number of carbonyl (C=O) groups is 3. The summed E-state index contributed by atoms with van der Waals surface area (Å²) in [4.78, 5) is 35.2. The van der Waals surface area contributed by atoms with Crippen LogP contribution < -0.4 is 10.2 Å². The van der Waals surface area contributed by atoms with E-state index < -0.39 is 18.5 Å². The smallest absolute Gasteiger partial charge is 0.344 e. The minimum atomic E-state index is -0.703. The molecule has 0 spiro atoms. The molecule has 0 radical (unpaired) electrons. The first kappa shape index (κ1) is 22.4. The largest absolute Gasteiger partial charge is 0.482 e. The third-order valence-electron chi connectivity index (χ3n) is 4.37. The average molecular weight is 430 g/mol. The molecule has 0 aliphatic rings. The van der Waals surface area contributed by atoms with Gasteiger partial charge in [-0.05, 0) is 31.2 Å². The number of ketones is 1. The normalized spacial score (nSPS) is 10.0. The Labute approximate surface area is 185 Å². The summed E-state index contributed by atoms with van der Waals surface area (Å²) < 4.78 is 10.2. The molecular formula is C25H22N2O5. The van der Waals surface area contributed by atoms with Crippen LogP contribution in [0.5, 0.6) is 5.75 Å². The van der Waals surface area contributed by atoms with Crippen LogP contribution in [0, 0.1) is 0 Å². The van der Waals surface area contributed by atoms with E-state index in [1.165, 1.54) is 6.92 Å². The second-order valence-corrected chi connectivity index (χ2v) is 6.76. The summed E-state index contributed by atoms with van der Waals surface area (Å²) in [6, 6.07) is 25.2. The maximum absolute atomic E-state index is 12.1. The summed E-state index contributed by atoms with van der Waals surface area (Å²) in [5.74, 6) is -0.927. The minimum absolute atomic E-state index is 0.0627. The first-order valence-corrected chi connectivity index (χ1v) is 9.90. The van der Waals surface area contributed by atoms with Crippen molar-refractivity contribution in [3.05, 3.63) is 102 Å². The first-order valence-electron chi connectivity index (χ1n) is 9.90. The van der Waals surface area contributed by atoms with Gasteiger partial charge in [0.25, 0.3) is 5.91 Å². The topological polar surface area (TPSA) is 94.1 Å². The highest BCUT2D eigenvalue weighted by Crippen LogP contribution is 2.13. The summed E-state index contributed by atoms with van der Waals surface area (Å²) >= 11 is 0. The highest BCUT2D eigenvalue weighted by molar-refractivity contribution is 6.13. The number of hydrogen-bond donors (Lipinski definition) is 1. The Morgan fingerprint density at radius 2 is 1.31 bits per heavy atom. The van der Waals surface area contributed by atoms with Crippen molar-refractivity contribution < 1.29 is 23.9 Å². The van der Waals surface area contributed by atoms with Gasteiger partial charge in [-0.15, -0.1) is 0 Å². The summed E-state index contributed by atoms with van der Waals surface area (Å²) in [6.07, 6.45) is 0. The number of ether oxygens (including phenoxy) is 2. The van der Waals surface area contributed by atoms with Gasteiger partial charge in [-0.1, -0.05) is 60.7 Å². The fourth-order valence-electron chi connectivity index (χ4n) is 2.75. The lowest BCUT2D eigenvalue weighted by Gasteiger charge is -2.09. The minimum Gasteiger partial charge on any atom is -0.482 e. The van der Waals surface area contributed by atoms with Crippen LogP contribution in [-0.2, 0) is 14.3 Å². The molecule has 0 aromatic heterocycles. The lowest BCUT2D eigenvalue weighted by atomic mass is 10.0. The fourth-order valence-corrected chi connectivity index (χ4v) is 2.75. The molecule has 7 heteroatoms. The van der Waals surface area contributed by atoms with E-state index >= 15 is 0 Å². The van der Waals surface area contributed by atoms with Crippen molar-refractivity contribution in [1.82, 2.24) is 5.43 Å². The summed E-state index contributed by atoms with van der Waals surface area (Å²) in [7, 11) is 0. The highest BCUT2D eigenvalue weighted by atomic mass is 16.6. The maximum atomic E-state index is 12.1. The number of hydrogen-bond acceptors (Lipinski definition) is 6. The number of carbonyl (C=O) groups excluding carboxylic acids is 3. The van der Waals surface area contributed by atoms with E-state index in [1.807, 2.05) is 60.7 Å². The zero-order valence-electron chi connectivity index (χ0n) is 17.5. The number of rotatable bonds is 9. The molecule has 32 heavy (non-hydrogen) atoms.